The smallest absolute Gasteiger partial charge is 0.326 e. The molecule has 2 N–H and O–H groups in total. The highest BCUT2D eigenvalue weighted by Crippen LogP contribution is 2.12. The number of nitrogens with zero attached hydrogens (tertiary/aromatic N) is 2. The van der Waals surface area contributed by atoms with E-state index in [2.05, 4.69) is 10.3 Å². The van der Waals surface area contributed by atoms with E-state index < -0.39 is 17.9 Å². The van der Waals surface area contributed by atoms with Gasteiger partial charge in [0.05, 0.1) is 0 Å². The molecule has 1 heterocycles. The molecule has 0 aromatic carbocycles. The lowest BCUT2D eigenvalue weighted by Crippen LogP contribution is -2.45. The third kappa shape index (κ3) is 3.94. The number of hydrogen-bond donors (Lipinski definition) is 2. The van der Waals surface area contributed by atoms with Crippen molar-refractivity contribution < 1.29 is 14.7 Å². The number of aliphatic carboxylic acids is 1. The van der Waals surface area contributed by atoms with Gasteiger partial charge in [0.15, 0.2) is 0 Å². The highest BCUT2D eigenvalue weighted by atomic mass is 16.4. The topological polar surface area (TPSA) is 82.5 Å². The molecule has 2 atom stereocenters. The van der Waals surface area contributed by atoms with Crippen LogP contribution in [0.5, 0.6) is 0 Å². The van der Waals surface area contributed by atoms with E-state index in [-0.39, 0.29) is 5.92 Å². The Labute approximate surface area is 118 Å². The molecule has 1 amide bonds. The molecule has 0 radical (unpaired) electrons. The van der Waals surface area contributed by atoms with Gasteiger partial charge in [-0.15, -0.1) is 0 Å². The fourth-order valence-electron chi connectivity index (χ4n) is 1.71. The lowest BCUT2D eigenvalue weighted by molar-refractivity contribution is -0.140. The molecule has 0 saturated carbocycles. The Morgan fingerprint density at radius 2 is 2.10 bits per heavy atom. The van der Waals surface area contributed by atoms with E-state index >= 15 is 0 Å². The molecule has 20 heavy (non-hydrogen) atoms. The van der Waals surface area contributed by atoms with Crippen LogP contribution in [0, 0.1) is 5.92 Å². The summed E-state index contributed by atoms with van der Waals surface area (Å²) in [6.07, 6.45) is 2.21. The number of hydrogen-bond acceptors (Lipinski definition) is 4. The SMILES string of the molecule is CC[C@H](C)[C@H](NC(=O)c1ccnc(N(C)C)c1)C(=O)O. The number of pyridine rings is 1. The standard InChI is InChI=1S/C14H21N3O3/c1-5-9(2)12(14(19)20)16-13(18)10-6-7-15-11(8-10)17(3)4/h6-9,12H,5H2,1-4H3,(H,16,18)(H,19,20)/t9-,12-/m0/s1. The molecule has 0 aliphatic carbocycles. The molecule has 6 nitrogen and oxygen atoms in total. The summed E-state index contributed by atoms with van der Waals surface area (Å²) in [5, 5.41) is 11.7. The molecule has 0 aliphatic rings. The van der Waals surface area contributed by atoms with Gasteiger partial charge in [0.1, 0.15) is 11.9 Å². The number of rotatable bonds is 6. The molecule has 0 spiro atoms. The maximum absolute atomic E-state index is 12.1. The van der Waals surface area contributed by atoms with Crippen LogP contribution in [-0.4, -0.2) is 42.1 Å². The average Bonchev–Trinajstić information content (AvgIpc) is 2.43. The lowest BCUT2D eigenvalue weighted by atomic mass is 9.99. The van der Waals surface area contributed by atoms with Gasteiger partial charge in [-0.05, 0) is 18.1 Å². The maximum atomic E-state index is 12.1. The van der Waals surface area contributed by atoms with Gasteiger partial charge >= 0.3 is 5.97 Å². The van der Waals surface area contributed by atoms with Gasteiger partial charge < -0.3 is 15.3 Å². The van der Waals surface area contributed by atoms with Gasteiger partial charge in [0.2, 0.25) is 0 Å². The van der Waals surface area contributed by atoms with Crippen molar-refractivity contribution in [3.63, 3.8) is 0 Å². The second-order valence-electron chi connectivity index (χ2n) is 4.97. The summed E-state index contributed by atoms with van der Waals surface area (Å²) in [7, 11) is 3.65. The fourth-order valence-corrected chi connectivity index (χ4v) is 1.71. The predicted molar refractivity (Wildman–Crippen MR) is 76.9 cm³/mol. The molecular formula is C14H21N3O3. The molecular weight excluding hydrogens is 258 g/mol. The van der Waals surface area contributed by atoms with Crippen molar-refractivity contribution >= 4 is 17.7 Å². The summed E-state index contributed by atoms with van der Waals surface area (Å²) in [5.41, 5.74) is 0.401. The van der Waals surface area contributed by atoms with Crippen molar-refractivity contribution in [2.24, 2.45) is 5.92 Å². The van der Waals surface area contributed by atoms with E-state index in [1.54, 1.807) is 24.0 Å². The first-order valence-corrected chi connectivity index (χ1v) is 6.53. The van der Waals surface area contributed by atoms with E-state index in [9.17, 15) is 14.7 Å². The van der Waals surface area contributed by atoms with Crippen LogP contribution in [0.1, 0.15) is 30.6 Å². The largest absolute Gasteiger partial charge is 0.480 e. The molecule has 0 fully saturated rings. The minimum atomic E-state index is -1.02. The minimum Gasteiger partial charge on any atom is -0.480 e. The van der Waals surface area contributed by atoms with Crippen LogP contribution in [0.3, 0.4) is 0 Å². The Balaban J connectivity index is 2.89. The average molecular weight is 279 g/mol. The van der Waals surface area contributed by atoms with E-state index in [1.807, 2.05) is 21.0 Å². The number of carboxylic acids is 1. The zero-order valence-corrected chi connectivity index (χ0v) is 12.3. The van der Waals surface area contributed by atoms with Gasteiger partial charge in [-0.3, -0.25) is 4.79 Å². The van der Waals surface area contributed by atoms with Crippen molar-refractivity contribution in [1.29, 1.82) is 0 Å². The van der Waals surface area contributed by atoms with E-state index in [0.717, 1.165) is 0 Å². The Kier molecular flexibility index (Phi) is 5.49. The summed E-state index contributed by atoms with van der Waals surface area (Å²) < 4.78 is 0. The zero-order valence-electron chi connectivity index (χ0n) is 12.3. The maximum Gasteiger partial charge on any atom is 0.326 e. The van der Waals surface area contributed by atoms with Crippen LogP contribution in [0.2, 0.25) is 0 Å². The van der Waals surface area contributed by atoms with Gasteiger partial charge in [0.25, 0.3) is 5.91 Å². The third-order valence-electron chi connectivity index (χ3n) is 3.23. The second-order valence-corrected chi connectivity index (χ2v) is 4.97. The first-order chi connectivity index (χ1) is 9.36. The van der Waals surface area contributed by atoms with Crippen LogP contribution in [0.15, 0.2) is 18.3 Å². The van der Waals surface area contributed by atoms with E-state index in [4.69, 9.17) is 0 Å². The van der Waals surface area contributed by atoms with Crippen LogP contribution in [0.25, 0.3) is 0 Å². The predicted octanol–water partition coefficient (Wildman–Crippen LogP) is 1.38. The summed E-state index contributed by atoms with van der Waals surface area (Å²) in [5.74, 6) is -0.905. The number of carbonyl (C=O) groups excluding carboxylic acids is 1. The van der Waals surface area contributed by atoms with Crippen molar-refractivity contribution in [3.8, 4) is 0 Å². The molecule has 0 saturated heterocycles. The van der Waals surface area contributed by atoms with Crippen LogP contribution in [0.4, 0.5) is 5.82 Å². The molecule has 0 unspecified atom stereocenters. The number of amides is 1. The van der Waals surface area contributed by atoms with Crippen molar-refractivity contribution in [3.05, 3.63) is 23.9 Å². The van der Waals surface area contributed by atoms with Crippen molar-refractivity contribution in [1.82, 2.24) is 10.3 Å². The zero-order chi connectivity index (χ0) is 15.3. The Morgan fingerprint density at radius 3 is 2.60 bits per heavy atom. The second kappa shape index (κ2) is 6.88. The molecule has 0 bridgehead atoms. The molecule has 6 heteroatoms. The van der Waals surface area contributed by atoms with Gasteiger partial charge in [-0.2, -0.15) is 0 Å². The normalized spacial score (nSPS) is 13.4. The summed E-state index contributed by atoms with van der Waals surface area (Å²) >= 11 is 0. The number of anilines is 1. The number of carbonyl (C=O) groups is 2. The summed E-state index contributed by atoms with van der Waals surface area (Å²) in [6, 6.07) is 2.31. The van der Waals surface area contributed by atoms with E-state index in [0.29, 0.717) is 17.8 Å². The van der Waals surface area contributed by atoms with Crippen LogP contribution >= 0.6 is 0 Å². The quantitative estimate of drug-likeness (QED) is 0.822. The van der Waals surface area contributed by atoms with Gasteiger partial charge in [0, 0.05) is 25.9 Å². The molecule has 0 aliphatic heterocycles. The minimum absolute atomic E-state index is 0.133. The van der Waals surface area contributed by atoms with Crippen molar-refractivity contribution in [2.45, 2.75) is 26.3 Å². The Hall–Kier alpha value is -2.11. The molecule has 110 valence electrons. The molecule has 1 aromatic heterocycles. The summed E-state index contributed by atoms with van der Waals surface area (Å²) in [6.45, 7) is 3.69. The molecule has 1 rings (SSSR count). The number of aromatic nitrogens is 1. The van der Waals surface area contributed by atoms with E-state index in [1.165, 1.54) is 6.20 Å². The highest BCUT2D eigenvalue weighted by Gasteiger charge is 2.25. The Bertz CT molecular complexity index is 488. The molecule has 1 aromatic rings. The lowest BCUT2D eigenvalue weighted by Gasteiger charge is -2.20. The van der Waals surface area contributed by atoms with Crippen LogP contribution < -0.4 is 10.2 Å². The van der Waals surface area contributed by atoms with Gasteiger partial charge in [-0.1, -0.05) is 20.3 Å². The summed E-state index contributed by atoms with van der Waals surface area (Å²) in [4.78, 5) is 29.2. The van der Waals surface area contributed by atoms with Crippen molar-refractivity contribution in [2.75, 3.05) is 19.0 Å². The first kappa shape index (κ1) is 15.9. The fraction of sp³-hybridized carbons (Fsp3) is 0.500. The van der Waals surface area contributed by atoms with Gasteiger partial charge in [-0.25, -0.2) is 9.78 Å². The third-order valence-corrected chi connectivity index (χ3v) is 3.23. The Morgan fingerprint density at radius 1 is 1.45 bits per heavy atom. The number of nitrogens with one attached hydrogen (secondary N) is 1. The number of carboxylic acid groups (broad SMARTS) is 1. The highest BCUT2D eigenvalue weighted by molar-refractivity contribution is 5.97. The first-order valence-electron chi connectivity index (χ1n) is 6.53. The monoisotopic (exact) mass is 279 g/mol. The van der Waals surface area contributed by atoms with Crippen LogP contribution in [-0.2, 0) is 4.79 Å².